The molecule has 3 amide bonds. The molecule has 8 heteroatoms. The first kappa shape index (κ1) is 20.5. The molecule has 4 rings (SSSR count). The van der Waals surface area contributed by atoms with Crippen LogP contribution in [-0.2, 0) is 17.3 Å². The van der Waals surface area contributed by atoms with E-state index in [0.29, 0.717) is 26.2 Å². The van der Waals surface area contributed by atoms with Crippen molar-refractivity contribution in [2.45, 2.75) is 31.7 Å². The molecule has 0 bridgehead atoms. The van der Waals surface area contributed by atoms with Crippen molar-refractivity contribution >= 4 is 22.8 Å². The molecule has 0 aliphatic carbocycles. The Hall–Kier alpha value is -2.74. The summed E-state index contributed by atoms with van der Waals surface area (Å²) in [7, 11) is 3.60. The van der Waals surface area contributed by atoms with E-state index >= 15 is 0 Å². The molecule has 30 heavy (non-hydrogen) atoms. The van der Waals surface area contributed by atoms with Gasteiger partial charge in [0.25, 0.3) is 0 Å². The molecule has 2 N–H and O–H groups in total. The molecule has 1 fully saturated rings. The van der Waals surface area contributed by atoms with E-state index in [-0.39, 0.29) is 24.0 Å². The number of hydrogen-bond donors (Lipinski definition) is 2. The van der Waals surface area contributed by atoms with E-state index in [0.717, 1.165) is 34.3 Å². The van der Waals surface area contributed by atoms with E-state index in [9.17, 15) is 14.7 Å². The van der Waals surface area contributed by atoms with Crippen LogP contribution in [0, 0.1) is 0 Å². The lowest BCUT2D eigenvalue weighted by atomic mass is 9.68. The number of aromatic nitrogens is 1. The molecule has 1 saturated heterocycles. The van der Waals surface area contributed by atoms with Crippen molar-refractivity contribution in [3.05, 3.63) is 29.5 Å². The van der Waals surface area contributed by atoms with Crippen molar-refractivity contribution in [3.63, 3.8) is 0 Å². The van der Waals surface area contributed by atoms with Crippen LogP contribution in [-0.4, -0.2) is 71.3 Å². The van der Waals surface area contributed by atoms with Gasteiger partial charge in [0.05, 0.1) is 30.7 Å². The van der Waals surface area contributed by atoms with Crippen LogP contribution < -0.4 is 10.1 Å². The lowest BCUT2D eigenvalue weighted by Crippen LogP contribution is -2.69. The molecule has 1 aromatic heterocycles. The Labute approximate surface area is 176 Å². The fourth-order valence-electron chi connectivity index (χ4n) is 5.12. The summed E-state index contributed by atoms with van der Waals surface area (Å²) >= 11 is 0. The maximum atomic E-state index is 12.5. The second-order valence-corrected chi connectivity index (χ2v) is 8.42. The number of ether oxygens (including phenoxy) is 1. The fraction of sp³-hybridized carbons (Fsp3) is 0.545. The zero-order valence-corrected chi connectivity index (χ0v) is 18.1. The molecule has 1 atom stereocenters. The minimum absolute atomic E-state index is 0.0652. The number of carbonyl (C=O) groups excluding carboxylic acids is 2. The Balaban J connectivity index is 1.83. The average molecular weight is 415 g/mol. The summed E-state index contributed by atoms with van der Waals surface area (Å²) in [5.74, 6) is 0.684. The smallest absolute Gasteiger partial charge is 0.317 e. The number of fused-ring (bicyclic) bond motifs is 4. The van der Waals surface area contributed by atoms with Crippen LogP contribution in [0.5, 0.6) is 5.75 Å². The first-order chi connectivity index (χ1) is 14.4. The first-order valence-corrected chi connectivity index (χ1v) is 10.4. The van der Waals surface area contributed by atoms with Gasteiger partial charge in [-0.15, -0.1) is 0 Å². The molecule has 1 spiro atoms. The Morgan fingerprint density at radius 1 is 1.30 bits per heavy atom. The van der Waals surface area contributed by atoms with E-state index in [1.165, 1.54) is 6.92 Å². The van der Waals surface area contributed by atoms with Gasteiger partial charge in [-0.3, -0.25) is 4.79 Å². The molecular formula is C22H30N4O4. The number of urea groups is 1. The van der Waals surface area contributed by atoms with Crippen molar-refractivity contribution in [3.8, 4) is 5.75 Å². The van der Waals surface area contributed by atoms with Gasteiger partial charge in [-0.05, 0) is 24.1 Å². The van der Waals surface area contributed by atoms with Crippen LogP contribution in [0.3, 0.4) is 0 Å². The standard InChI is InChI=1S/C22H30N4O4/c1-5-8-23-21(29)25-11-22(12-25)13-26(14(2)28)18(10-27)20-19(22)16-7-6-15(30-4)9-17(16)24(20)3/h6-7,9,18,27H,5,8,10-13H2,1-4H3,(H,23,29)/t18-/m0/s1. The number of rotatable bonds is 4. The van der Waals surface area contributed by atoms with E-state index < -0.39 is 6.04 Å². The Morgan fingerprint density at radius 3 is 2.63 bits per heavy atom. The van der Waals surface area contributed by atoms with E-state index in [1.54, 1.807) is 16.9 Å². The second kappa shape index (κ2) is 7.50. The summed E-state index contributed by atoms with van der Waals surface area (Å²) in [5, 5.41) is 14.2. The SMILES string of the molecule is CCCNC(=O)N1CC2(C1)CN(C(C)=O)[C@@H](CO)c1c2c2ccc(OC)cc2n1C. The Kier molecular flexibility index (Phi) is 5.13. The number of aliphatic hydroxyl groups excluding tert-OH is 1. The average Bonchev–Trinajstić information content (AvgIpc) is 3.01. The maximum absolute atomic E-state index is 12.5. The molecule has 0 saturated carbocycles. The third-order valence-electron chi connectivity index (χ3n) is 6.53. The Morgan fingerprint density at radius 2 is 2.03 bits per heavy atom. The molecular weight excluding hydrogens is 384 g/mol. The minimum Gasteiger partial charge on any atom is -0.497 e. The summed E-state index contributed by atoms with van der Waals surface area (Å²) in [6.45, 7) is 5.64. The first-order valence-electron chi connectivity index (χ1n) is 10.4. The third kappa shape index (κ3) is 2.93. The van der Waals surface area contributed by atoms with Crippen molar-refractivity contribution < 1.29 is 19.4 Å². The van der Waals surface area contributed by atoms with Crippen molar-refractivity contribution in [2.24, 2.45) is 7.05 Å². The minimum atomic E-state index is -0.408. The highest BCUT2D eigenvalue weighted by molar-refractivity contribution is 5.90. The number of likely N-dealkylation sites (tertiary alicyclic amines) is 1. The Bertz CT molecular complexity index is 993. The maximum Gasteiger partial charge on any atom is 0.317 e. The van der Waals surface area contributed by atoms with Crippen LogP contribution in [0.25, 0.3) is 10.9 Å². The van der Waals surface area contributed by atoms with Crippen molar-refractivity contribution in [1.82, 2.24) is 19.7 Å². The summed E-state index contributed by atoms with van der Waals surface area (Å²) in [5.41, 5.74) is 2.73. The predicted octanol–water partition coefficient (Wildman–Crippen LogP) is 1.76. The molecule has 8 nitrogen and oxygen atoms in total. The number of aliphatic hydroxyl groups is 1. The molecule has 2 aromatic rings. The number of aryl methyl sites for hydroxylation is 1. The van der Waals surface area contributed by atoms with Gasteiger partial charge in [-0.25, -0.2) is 4.79 Å². The molecule has 1 aromatic carbocycles. The van der Waals surface area contributed by atoms with Crippen LogP contribution >= 0.6 is 0 Å². The van der Waals surface area contributed by atoms with Gasteiger partial charge >= 0.3 is 6.03 Å². The van der Waals surface area contributed by atoms with Gasteiger partial charge in [0.2, 0.25) is 5.91 Å². The number of benzene rings is 1. The molecule has 162 valence electrons. The lowest BCUT2D eigenvalue weighted by Gasteiger charge is -2.56. The molecule has 2 aliphatic rings. The highest BCUT2D eigenvalue weighted by Crippen LogP contribution is 2.49. The summed E-state index contributed by atoms with van der Waals surface area (Å²) in [6, 6.07) is 5.50. The van der Waals surface area contributed by atoms with E-state index in [2.05, 4.69) is 9.88 Å². The van der Waals surface area contributed by atoms with Crippen LogP contribution in [0.1, 0.15) is 37.6 Å². The van der Waals surface area contributed by atoms with Gasteiger partial charge in [-0.2, -0.15) is 0 Å². The number of methoxy groups -OCH3 is 1. The van der Waals surface area contributed by atoms with Gasteiger partial charge in [0.1, 0.15) is 5.75 Å². The van der Waals surface area contributed by atoms with Crippen LogP contribution in [0.15, 0.2) is 18.2 Å². The zero-order chi connectivity index (χ0) is 21.6. The second-order valence-electron chi connectivity index (χ2n) is 8.42. The van der Waals surface area contributed by atoms with Gasteiger partial charge in [0, 0.05) is 57.3 Å². The summed E-state index contributed by atoms with van der Waals surface area (Å²) in [6.07, 6.45) is 0.885. The number of nitrogens with one attached hydrogen (secondary N) is 1. The van der Waals surface area contributed by atoms with Gasteiger partial charge in [-0.1, -0.05) is 6.92 Å². The van der Waals surface area contributed by atoms with Crippen molar-refractivity contribution in [2.75, 3.05) is 39.9 Å². The van der Waals surface area contributed by atoms with Crippen LogP contribution in [0.2, 0.25) is 0 Å². The molecule has 0 radical (unpaired) electrons. The number of amides is 3. The summed E-state index contributed by atoms with van der Waals surface area (Å²) in [4.78, 5) is 28.5. The fourth-order valence-corrected chi connectivity index (χ4v) is 5.12. The highest BCUT2D eigenvalue weighted by atomic mass is 16.5. The third-order valence-corrected chi connectivity index (χ3v) is 6.53. The molecule has 3 heterocycles. The normalized spacial score (nSPS) is 19.6. The van der Waals surface area contributed by atoms with Gasteiger partial charge < -0.3 is 29.5 Å². The van der Waals surface area contributed by atoms with E-state index in [1.807, 2.05) is 32.2 Å². The summed E-state index contributed by atoms with van der Waals surface area (Å²) < 4.78 is 7.47. The number of carbonyl (C=O) groups is 2. The molecule has 0 unspecified atom stereocenters. The highest BCUT2D eigenvalue weighted by Gasteiger charge is 2.55. The van der Waals surface area contributed by atoms with Crippen LogP contribution in [0.4, 0.5) is 4.79 Å². The monoisotopic (exact) mass is 414 g/mol. The number of hydrogen-bond acceptors (Lipinski definition) is 4. The number of nitrogens with zero attached hydrogens (tertiary/aromatic N) is 3. The lowest BCUT2D eigenvalue weighted by molar-refractivity contribution is -0.136. The topological polar surface area (TPSA) is 87.0 Å². The predicted molar refractivity (Wildman–Crippen MR) is 114 cm³/mol. The quantitative estimate of drug-likeness (QED) is 0.798. The zero-order valence-electron chi connectivity index (χ0n) is 18.1. The van der Waals surface area contributed by atoms with Crippen molar-refractivity contribution in [1.29, 1.82) is 0 Å². The molecule has 2 aliphatic heterocycles. The van der Waals surface area contributed by atoms with E-state index in [4.69, 9.17) is 4.74 Å². The van der Waals surface area contributed by atoms with Gasteiger partial charge in [0.15, 0.2) is 0 Å². The largest absolute Gasteiger partial charge is 0.497 e.